The molecule has 0 aromatic heterocycles. The van der Waals surface area contributed by atoms with Crippen LogP contribution in [0.15, 0.2) is 91.0 Å². The summed E-state index contributed by atoms with van der Waals surface area (Å²) in [6, 6.07) is 28.0. The van der Waals surface area contributed by atoms with Crippen molar-refractivity contribution in [2.24, 2.45) is 52.3 Å². The lowest BCUT2D eigenvalue weighted by Gasteiger charge is -2.61. The van der Waals surface area contributed by atoms with Gasteiger partial charge in [0.25, 0.3) is 0 Å². The molecule has 7 rings (SSSR count). The number of carbonyl (C=O) groups excluding carboxylic acids is 3. The number of ether oxygens (including phenoxy) is 4. The van der Waals surface area contributed by atoms with E-state index >= 15 is 0 Å². The van der Waals surface area contributed by atoms with Gasteiger partial charge in [0.15, 0.2) is 0 Å². The third-order valence-corrected chi connectivity index (χ3v) is 18.0. The molecule has 12 nitrogen and oxygen atoms in total. The molecule has 0 saturated heterocycles. The van der Waals surface area contributed by atoms with Crippen molar-refractivity contribution in [3.8, 4) is 0 Å². The molecule has 358 valence electrons. The van der Waals surface area contributed by atoms with E-state index < -0.39 is 44.6 Å². The first kappa shape index (κ1) is 49.4. The van der Waals surface area contributed by atoms with Crippen LogP contribution in [0.2, 0.25) is 0 Å². The van der Waals surface area contributed by atoms with E-state index in [0.717, 1.165) is 48.8 Å². The molecule has 0 aliphatic heterocycles. The Balaban J connectivity index is 0.826. The van der Waals surface area contributed by atoms with Gasteiger partial charge in [-0.2, -0.15) is 0 Å². The minimum absolute atomic E-state index is 0.0448. The Labute approximate surface area is 390 Å². The van der Waals surface area contributed by atoms with Gasteiger partial charge in [0.05, 0.1) is 25.3 Å². The van der Waals surface area contributed by atoms with Crippen LogP contribution in [0.3, 0.4) is 0 Å². The predicted molar refractivity (Wildman–Crippen MR) is 247 cm³/mol. The molecule has 3 aromatic rings. The predicted octanol–water partition coefficient (Wildman–Crippen LogP) is 11.9. The second-order valence-corrected chi connectivity index (χ2v) is 22.1. The molecule has 66 heavy (non-hydrogen) atoms. The number of rotatable bonds is 21. The van der Waals surface area contributed by atoms with Gasteiger partial charge in [0.2, 0.25) is 6.79 Å². The monoisotopic (exact) mass is 928 g/mol. The lowest BCUT2D eigenvalue weighted by Crippen LogP contribution is -2.54. The molecule has 7 unspecified atom stereocenters. The fraction of sp³-hybridized carbons (Fsp3) is 0.585. The Morgan fingerprint density at radius 2 is 1.23 bits per heavy atom. The van der Waals surface area contributed by atoms with Gasteiger partial charge in [-0.3, -0.25) is 18.9 Å². The number of carboxylic acid groups (broad SMARTS) is 1. The molecule has 1 N–H and O–H groups in total. The van der Waals surface area contributed by atoms with Gasteiger partial charge in [-0.15, -0.1) is 0 Å². The zero-order valence-corrected chi connectivity index (χ0v) is 39.8. The second kappa shape index (κ2) is 22.5. The maximum Gasteiger partial charge on any atom is 0.511 e. The number of carboxylic acids is 1. The first-order valence-corrected chi connectivity index (χ1v) is 25.8. The smallest absolute Gasteiger partial charge is 0.481 e. The van der Waals surface area contributed by atoms with Crippen LogP contribution in [0.4, 0.5) is 4.79 Å². The van der Waals surface area contributed by atoms with E-state index in [2.05, 4.69) is 20.8 Å². The van der Waals surface area contributed by atoms with Crippen molar-refractivity contribution < 1.29 is 56.8 Å². The fourth-order valence-electron chi connectivity index (χ4n) is 12.5. The number of hydrogen-bond donors (Lipinski definition) is 1. The van der Waals surface area contributed by atoms with Crippen LogP contribution >= 0.6 is 7.60 Å². The van der Waals surface area contributed by atoms with Crippen molar-refractivity contribution in [2.75, 3.05) is 13.0 Å². The minimum Gasteiger partial charge on any atom is -0.481 e. The van der Waals surface area contributed by atoms with Crippen LogP contribution in [0.1, 0.15) is 121 Å². The summed E-state index contributed by atoms with van der Waals surface area (Å²) in [5, 5.41) is 10.0. The van der Waals surface area contributed by atoms with E-state index in [1.807, 2.05) is 66.7 Å². The molecule has 0 spiro atoms. The van der Waals surface area contributed by atoms with Crippen LogP contribution in [-0.4, -0.2) is 48.2 Å². The number of aliphatic carboxylic acids is 1. The Morgan fingerprint density at radius 3 is 1.85 bits per heavy atom. The molecule has 4 aliphatic rings. The van der Waals surface area contributed by atoms with Gasteiger partial charge < -0.3 is 33.1 Å². The van der Waals surface area contributed by atoms with Crippen molar-refractivity contribution in [3.05, 3.63) is 108 Å². The summed E-state index contributed by atoms with van der Waals surface area (Å²) in [5.41, 5.74) is 2.96. The molecule has 4 fully saturated rings. The van der Waals surface area contributed by atoms with Gasteiger partial charge in [0.1, 0.15) is 12.7 Å². The molecular formula is C53H69O12P. The average molecular weight is 929 g/mol. The molecular weight excluding hydrogens is 860 g/mol. The largest absolute Gasteiger partial charge is 0.511 e. The molecule has 0 heterocycles. The Morgan fingerprint density at radius 1 is 0.667 bits per heavy atom. The van der Waals surface area contributed by atoms with Crippen molar-refractivity contribution in [1.82, 2.24) is 0 Å². The third kappa shape index (κ3) is 12.5. The Bertz CT molecular complexity index is 2070. The van der Waals surface area contributed by atoms with Crippen molar-refractivity contribution in [3.63, 3.8) is 0 Å². The number of hydrogen-bond acceptors (Lipinski definition) is 11. The first-order valence-electron chi connectivity index (χ1n) is 24.1. The normalized spacial score (nSPS) is 27.8. The first-order chi connectivity index (χ1) is 31.7. The fourth-order valence-corrected chi connectivity index (χ4v) is 14.4. The average Bonchev–Trinajstić information content (AvgIpc) is 3.68. The van der Waals surface area contributed by atoms with Gasteiger partial charge in [-0.05, 0) is 134 Å². The zero-order valence-electron chi connectivity index (χ0n) is 38.9. The summed E-state index contributed by atoms with van der Waals surface area (Å²) < 4.78 is 47.2. The molecule has 0 amide bonds. The zero-order chi connectivity index (χ0) is 46.7. The van der Waals surface area contributed by atoms with Crippen LogP contribution in [0.25, 0.3) is 0 Å². The molecule has 4 aliphatic carbocycles. The highest BCUT2D eigenvalue weighted by atomic mass is 31.2. The highest BCUT2D eigenvalue weighted by Gasteiger charge is 2.60. The van der Waals surface area contributed by atoms with Crippen molar-refractivity contribution in [2.45, 2.75) is 130 Å². The van der Waals surface area contributed by atoms with Crippen LogP contribution in [0.5, 0.6) is 0 Å². The summed E-state index contributed by atoms with van der Waals surface area (Å²) in [6.45, 7) is 6.93. The van der Waals surface area contributed by atoms with Gasteiger partial charge in [-0.25, -0.2) is 4.79 Å². The van der Waals surface area contributed by atoms with E-state index in [0.29, 0.717) is 48.5 Å². The Kier molecular flexibility index (Phi) is 16.9. The third-order valence-electron chi connectivity index (χ3n) is 16.1. The lowest BCUT2D eigenvalue weighted by molar-refractivity contribution is -0.156. The number of esters is 2. The van der Waals surface area contributed by atoms with E-state index in [-0.39, 0.29) is 49.0 Å². The highest BCUT2D eigenvalue weighted by molar-refractivity contribution is 7.53. The molecule has 3 aromatic carbocycles. The number of carbonyl (C=O) groups is 4. The second-order valence-electron chi connectivity index (χ2n) is 20.0. The maximum atomic E-state index is 13.9. The standard InChI is InChI=1S/C53H69O12P/c1-37(19-25-48(54)60-32-38-13-7-4-8-14-38)45-23-24-46-44-22-21-42-31-43(27-29-52(42,2)47(44)28-30-53(45,46)3)65-51(58)62-36-61-49(55)26-20-41(50(56)57)35-66(59,63-33-39-15-9-5-10-16-39)64-34-40-17-11-6-12-18-40/h4-18,37,41-47H,19-36H2,1-3H3,(H,56,57)/t37?,41?,42?,43-,44?,45?,46?,47?,52+,53-/m1/s1. The van der Waals surface area contributed by atoms with Crippen molar-refractivity contribution in [1.29, 1.82) is 0 Å². The van der Waals surface area contributed by atoms with E-state index in [1.165, 1.54) is 32.1 Å². The molecule has 0 bridgehead atoms. The molecule has 4 saturated carbocycles. The Hall–Kier alpha value is -4.51. The molecule has 13 heteroatoms. The van der Waals surface area contributed by atoms with E-state index in [9.17, 15) is 28.8 Å². The van der Waals surface area contributed by atoms with Gasteiger partial charge >= 0.3 is 31.7 Å². The van der Waals surface area contributed by atoms with Crippen molar-refractivity contribution >= 4 is 31.7 Å². The molecule has 0 radical (unpaired) electrons. The van der Waals surface area contributed by atoms with Gasteiger partial charge in [0, 0.05) is 12.8 Å². The minimum atomic E-state index is -3.95. The summed E-state index contributed by atoms with van der Waals surface area (Å²) in [5.74, 6) is 0.150. The van der Waals surface area contributed by atoms with Crippen LogP contribution in [-0.2, 0) is 66.8 Å². The maximum absolute atomic E-state index is 13.9. The lowest BCUT2D eigenvalue weighted by atomic mass is 9.44. The highest BCUT2D eigenvalue weighted by Crippen LogP contribution is 2.68. The van der Waals surface area contributed by atoms with E-state index in [1.54, 1.807) is 24.3 Å². The number of fused-ring (bicyclic) bond motifs is 5. The van der Waals surface area contributed by atoms with Crippen LogP contribution < -0.4 is 0 Å². The SMILES string of the molecule is CC(CCC(=O)OCc1ccccc1)C1CCC2C3CCC4C[C@H](OC(=O)OCOC(=O)CCC(CP(=O)(OCc5ccccc5)OCc5ccccc5)C(=O)O)CC[C@]4(C)C3CC[C@]12C. The van der Waals surface area contributed by atoms with Crippen LogP contribution in [0, 0.1) is 52.3 Å². The van der Waals surface area contributed by atoms with E-state index in [4.69, 9.17) is 28.0 Å². The summed E-state index contributed by atoms with van der Waals surface area (Å²) in [6.07, 6.45) is 8.88. The van der Waals surface area contributed by atoms with Gasteiger partial charge in [-0.1, -0.05) is 112 Å². The molecule has 10 atom stereocenters. The summed E-state index contributed by atoms with van der Waals surface area (Å²) in [4.78, 5) is 50.5. The summed E-state index contributed by atoms with van der Waals surface area (Å²) in [7, 11) is -3.95. The topological polar surface area (TPSA) is 161 Å². The number of benzene rings is 3. The quantitative estimate of drug-likeness (QED) is 0.0467. The summed E-state index contributed by atoms with van der Waals surface area (Å²) >= 11 is 0.